The van der Waals surface area contributed by atoms with Crippen LogP contribution in [0.4, 0.5) is 4.39 Å². The molecule has 0 bridgehead atoms. The standard InChI is InChI=1S/C32H28FN3S.C20H20N2S/c33-31-13-11-28(12-14-31)30-18-26(20-35-22-30)24-36(15-16-37-32-9-5-2-6-10-32)23-25-17-29(21-34-19-25)27-7-3-1-4-8-27;1-3-7-18(8-4-1)19-13-17(15-22-16-19)14-21-11-12-23-20-9-5-2-6-10-20/h1-14,17-22H,15-16,23-24H2;1-10,13,15-16,21H,11-12,14H2. The van der Waals surface area contributed by atoms with Crippen molar-refractivity contribution in [3.63, 3.8) is 0 Å². The first-order valence-corrected chi connectivity index (χ1v) is 22.1. The minimum absolute atomic E-state index is 0.235. The van der Waals surface area contributed by atoms with Crippen molar-refractivity contribution in [2.45, 2.75) is 29.4 Å². The highest BCUT2D eigenvalue weighted by Gasteiger charge is 2.11. The molecule has 3 aromatic heterocycles. The molecule has 0 unspecified atom stereocenters. The van der Waals surface area contributed by atoms with Crippen LogP contribution in [0.5, 0.6) is 0 Å². The molecule has 3 heterocycles. The fourth-order valence-corrected chi connectivity index (χ4v) is 8.41. The molecule has 0 fully saturated rings. The summed E-state index contributed by atoms with van der Waals surface area (Å²) in [6.07, 6.45) is 11.5. The Morgan fingerprint density at radius 2 is 0.850 bits per heavy atom. The van der Waals surface area contributed by atoms with E-state index in [-0.39, 0.29) is 5.82 Å². The number of nitrogens with zero attached hydrogens (tertiary/aromatic N) is 4. The Balaban J connectivity index is 0.000000203. The maximum atomic E-state index is 13.4. The molecule has 0 saturated carbocycles. The lowest BCUT2D eigenvalue weighted by molar-refractivity contribution is 0.273. The lowest BCUT2D eigenvalue weighted by atomic mass is 10.1. The van der Waals surface area contributed by atoms with Crippen molar-refractivity contribution in [2.75, 3.05) is 24.6 Å². The molecule has 0 aliphatic heterocycles. The van der Waals surface area contributed by atoms with Gasteiger partial charge in [-0.3, -0.25) is 19.9 Å². The summed E-state index contributed by atoms with van der Waals surface area (Å²) >= 11 is 3.74. The van der Waals surface area contributed by atoms with E-state index in [9.17, 15) is 4.39 Å². The molecule has 5 aromatic carbocycles. The van der Waals surface area contributed by atoms with E-state index < -0.39 is 0 Å². The van der Waals surface area contributed by atoms with E-state index in [4.69, 9.17) is 0 Å². The molecule has 8 aromatic rings. The van der Waals surface area contributed by atoms with Crippen molar-refractivity contribution in [1.29, 1.82) is 0 Å². The van der Waals surface area contributed by atoms with Crippen LogP contribution >= 0.6 is 23.5 Å². The van der Waals surface area contributed by atoms with Crippen LogP contribution in [-0.4, -0.2) is 44.4 Å². The molecule has 0 spiro atoms. The number of hydrogen-bond acceptors (Lipinski definition) is 7. The maximum absolute atomic E-state index is 13.4. The lowest BCUT2D eigenvalue weighted by Crippen LogP contribution is -2.25. The number of thioether (sulfide) groups is 2. The van der Waals surface area contributed by atoms with Crippen LogP contribution in [0.15, 0.2) is 211 Å². The highest BCUT2D eigenvalue weighted by Crippen LogP contribution is 2.24. The summed E-state index contributed by atoms with van der Waals surface area (Å²) in [6, 6.07) is 54.9. The molecule has 8 rings (SSSR count). The van der Waals surface area contributed by atoms with Crippen LogP contribution < -0.4 is 5.32 Å². The van der Waals surface area contributed by atoms with Crippen LogP contribution in [0, 0.1) is 5.82 Å². The molecule has 0 saturated heterocycles. The zero-order valence-corrected chi connectivity index (χ0v) is 35.1. The highest BCUT2D eigenvalue weighted by atomic mass is 32.2. The van der Waals surface area contributed by atoms with E-state index >= 15 is 0 Å². The molecule has 0 aliphatic rings. The molecular formula is C52H48FN5S2. The molecule has 300 valence electrons. The van der Waals surface area contributed by atoms with Gasteiger partial charge in [0.2, 0.25) is 0 Å². The first-order chi connectivity index (χ1) is 29.6. The molecule has 0 aliphatic carbocycles. The number of pyridine rings is 3. The third kappa shape index (κ3) is 13.6. The quantitative estimate of drug-likeness (QED) is 0.0725. The zero-order valence-electron chi connectivity index (χ0n) is 33.5. The second-order valence-corrected chi connectivity index (χ2v) is 16.5. The van der Waals surface area contributed by atoms with Gasteiger partial charge in [0.25, 0.3) is 0 Å². The molecule has 1 N–H and O–H groups in total. The van der Waals surface area contributed by atoms with Crippen molar-refractivity contribution in [2.24, 2.45) is 0 Å². The summed E-state index contributed by atoms with van der Waals surface area (Å²) in [6.45, 7) is 4.28. The van der Waals surface area contributed by atoms with E-state index in [1.807, 2.05) is 78.9 Å². The summed E-state index contributed by atoms with van der Waals surface area (Å²) in [5.41, 5.74) is 10.1. The molecule has 5 nitrogen and oxygen atoms in total. The summed E-state index contributed by atoms with van der Waals surface area (Å²) < 4.78 is 13.4. The molecular weight excluding hydrogens is 778 g/mol. The highest BCUT2D eigenvalue weighted by molar-refractivity contribution is 7.99. The monoisotopic (exact) mass is 825 g/mol. The predicted octanol–water partition coefficient (Wildman–Crippen LogP) is 12.4. The maximum Gasteiger partial charge on any atom is 0.123 e. The Morgan fingerprint density at radius 1 is 0.433 bits per heavy atom. The van der Waals surface area contributed by atoms with Crippen molar-refractivity contribution in [1.82, 2.24) is 25.2 Å². The van der Waals surface area contributed by atoms with Gasteiger partial charge in [0.05, 0.1) is 0 Å². The normalized spacial score (nSPS) is 10.9. The first-order valence-electron chi connectivity index (χ1n) is 20.1. The van der Waals surface area contributed by atoms with Crippen molar-refractivity contribution >= 4 is 23.5 Å². The largest absolute Gasteiger partial charge is 0.312 e. The molecule has 8 heteroatoms. The first kappa shape index (κ1) is 42.2. The number of nitrogens with one attached hydrogen (secondary N) is 1. The van der Waals surface area contributed by atoms with E-state index in [0.717, 1.165) is 66.5 Å². The Morgan fingerprint density at radius 3 is 1.35 bits per heavy atom. The fourth-order valence-electron chi connectivity index (χ4n) is 6.64. The minimum Gasteiger partial charge on any atom is -0.312 e. The zero-order chi connectivity index (χ0) is 41.0. The molecule has 60 heavy (non-hydrogen) atoms. The van der Waals surface area contributed by atoms with Crippen LogP contribution in [-0.2, 0) is 19.6 Å². The smallest absolute Gasteiger partial charge is 0.123 e. The van der Waals surface area contributed by atoms with Gasteiger partial charge in [0.15, 0.2) is 0 Å². The number of rotatable bonds is 17. The second kappa shape index (κ2) is 23.0. The Hall–Kier alpha value is -5.90. The van der Waals surface area contributed by atoms with E-state index in [2.05, 4.69) is 146 Å². The van der Waals surface area contributed by atoms with Crippen LogP contribution in [0.25, 0.3) is 33.4 Å². The van der Waals surface area contributed by atoms with E-state index in [1.54, 1.807) is 12.1 Å². The van der Waals surface area contributed by atoms with Gasteiger partial charge in [0, 0.05) is 108 Å². The molecule has 0 amide bonds. The number of hydrogen-bond donors (Lipinski definition) is 1. The summed E-state index contributed by atoms with van der Waals surface area (Å²) in [4.78, 5) is 18.4. The van der Waals surface area contributed by atoms with Crippen LogP contribution in [0.1, 0.15) is 16.7 Å². The van der Waals surface area contributed by atoms with Crippen LogP contribution in [0.3, 0.4) is 0 Å². The average molecular weight is 826 g/mol. The third-order valence-corrected chi connectivity index (χ3v) is 11.6. The summed E-state index contributed by atoms with van der Waals surface area (Å²) in [7, 11) is 0. The van der Waals surface area contributed by atoms with Gasteiger partial charge in [-0.2, -0.15) is 0 Å². The van der Waals surface area contributed by atoms with Crippen molar-refractivity contribution in [3.05, 3.63) is 223 Å². The molecule has 0 atom stereocenters. The van der Waals surface area contributed by atoms with Crippen LogP contribution in [0.2, 0.25) is 0 Å². The summed E-state index contributed by atoms with van der Waals surface area (Å²) in [5.74, 6) is 1.80. The lowest BCUT2D eigenvalue weighted by Gasteiger charge is -2.23. The number of halogens is 1. The van der Waals surface area contributed by atoms with Gasteiger partial charge in [0.1, 0.15) is 5.82 Å². The van der Waals surface area contributed by atoms with Gasteiger partial charge in [-0.15, -0.1) is 23.5 Å². The Labute approximate surface area is 362 Å². The number of aromatic nitrogens is 3. The predicted molar refractivity (Wildman–Crippen MR) is 249 cm³/mol. The minimum atomic E-state index is -0.235. The van der Waals surface area contributed by atoms with E-state index in [1.165, 1.54) is 49.7 Å². The average Bonchev–Trinajstić information content (AvgIpc) is 3.31. The van der Waals surface area contributed by atoms with Crippen molar-refractivity contribution < 1.29 is 4.39 Å². The van der Waals surface area contributed by atoms with Gasteiger partial charge >= 0.3 is 0 Å². The third-order valence-electron chi connectivity index (χ3n) is 9.63. The fraction of sp³-hybridized carbons (Fsp3) is 0.135. The summed E-state index contributed by atoms with van der Waals surface area (Å²) in [5, 5.41) is 3.49. The van der Waals surface area contributed by atoms with Crippen molar-refractivity contribution in [3.8, 4) is 33.4 Å². The van der Waals surface area contributed by atoms with Gasteiger partial charge in [-0.05, 0) is 88.0 Å². The van der Waals surface area contributed by atoms with Gasteiger partial charge in [-0.25, -0.2) is 4.39 Å². The van der Waals surface area contributed by atoms with Gasteiger partial charge in [-0.1, -0.05) is 109 Å². The molecule has 0 radical (unpaired) electrons. The number of benzene rings is 5. The second-order valence-electron chi connectivity index (χ2n) is 14.2. The SMILES string of the molecule is Fc1ccc(-c2cncc(CN(CCSc3ccccc3)Cc3cncc(-c4ccccc4)c3)c2)cc1.c1ccc(SCCNCc2cncc(-c3ccccc3)c2)cc1. The van der Waals surface area contributed by atoms with Gasteiger partial charge < -0.3 is 5.32 Å². The van der Waals surface area contributed by atoms with E-state index in [0.29, 0.717) is 0 Å². The Kier molecular flexibility index (Phi) is 16.2. The Bertz CT molecular complexity index is 2460. The topological polar surface area (TPSA) is 53.9 Å².